The van der Waals surface area contributed by atoms with Crippen LogP contribution < -0.4 is 0 Å². The van der Waals surface area contributed by atoms with E-state index in [9.17, 15) is 9.59 Å². The van der Waals surface area contributed by atoms with Crippen LogP contribution in [0.1, 0.15) is 25.5 Å². The summed E-state index contributed by atoms with van der Waals surface area (Å²) in [6.07, 6.45) is 0. The van der Waals surface area contributed by atoms with Gasteiger partial charge in [-0.25, -0.2) is 0 Å². The topological polar surface area (TPSA) is 68.4 Å². The fourth-order valence-electron chi connectivity index (χ4n) is 2.17. The summed E-state index contributed by atoms with van der Waals surface area (Å²) in [4.78, 5) is 27.2. The third-order valence-corrected chi connectivity index (χ3v) is 3.15. The van der Waals surface area contributed by atoms with Gasteiger partial charge in [-0.2, -0.15) is 0 Å². The Balaban J connectivity index is 2.30. The molecule has 1 heterocycles. The maximum atomic E-state index is 12.1. The highest BCUT2D eigenvalue weighted by molar-refractivity contribution is 6.00. The van der Waals surface area contributed by atoms with Crippen molar-refractivity contribution in [3.63, 3.8) is 0 Å². The minimum atomic E-state index is -1.09. The average molecular weight is 301 g/mol. The van der Waals surface area contributed by atoms with Gasteiger partial charge >= 0.3 is 11.9 Å². The van der Waals surface area contributed by atoms with Crippen molar-refractivity contribution in [2.75, 3.05) is 13.2 Å². The van der Waals surface area contributed by atoms with Crippen LogP contribution in [0.25, 0.3) is 11.3 Å². The first-order valence-corrected chi connectivity index (χ1v) is 7.25. The van der Waals surface area contributed by atoms with Crippen LogP contribution in [-0.4, -0.2) is 30.1 Å². The number of hydrogen-bond acceptors (Lipinski definition) is 4. The van der Waals surface area contributed by atoms with Gasteiger partial charge in [-0.05, 0) is 31.5 Å². The molecule has 0 aliphatic carbocycles. The fourth-order valence-corrected chi connectivity index (χ4v) is 2.17. The Kier molecular flexibility index (Phi) is 5.36. The first-order valence-electron chi connectivity index (χ1n) is 7.25. The molecule has 2 rings (SSSR count). The van der Waals surface area contributed by atoms with Gasteiger partial charge in [0.05, 0.1) is 13.2 Å². The first-order chi connectivity index (χ1) is 10.7. The largest absolute Gasteiger partial charge is 0.465 e. The maximum Gasteiger partial charge on any atom is 0.326 e. The van der Waals surface area contributed by atoms with Crippen molar-refractivity contribution >= 4 is 11.9 Å². The number of aromatic amines is 1. The lowest BCUT2D eigenvalue weighted by atomic mass is 10.1. The van der Waals surface area contributed by atoms with Crippen molar-refractivity contribution in [1.29, 1.82) is 0 Å². The number of ether oxygens (including phenoxy) is 2. The summed E-state index contributed by atoms with van der Waals surface area (Å²) in [5.74, 6) is -2.30. The van der Waals surface area contributed by atoms with Crippen LogP contribution in [0.5, 0.6) is 0 Å². The van der Waals surface area contributed by atoms with Crippen LogP contribution in [0, 0.1) is 0 Å². The van der Waals surface area contributed by atoms with Gasteiger partial charge < -0.3 is 14.5 Å². The molecule has 5 nitrogen and oxygen atoms in total. The number of nitrogens with one attached hydrogen (secondary N) is 1. The van der Waals surface area contributed by atoms with Gasteiger partial charge in [0.2, 0.25) is 0 Å². The monoisotopic (exact) mass is 301 g/mol. The van der Waals surface area contributed by atoms with Crippen LogP contribution in [0.3, 0.4) is 0 Å². The fraction of sp³-hybridized carbons (Fsp3) is 0.294. The number of rotatable bonds is 6. The van der Waals surface area contributed by atoms with Crippen molar-refractivity contribution < 1.29 is 19.1 Å². The smallest absolute Gasteiger partial charge is 0.326 e. The van der Waals surface area contributed by atoms with Crippen molar-refractivity contribution in [2.45, 2.75) is 19.8 Å². The van der Waals surface area contributed by atoms with E-state index in [1.54, 1.807) is 19.9 Å². The highest BCUT2D eigenvalue weighted by atomic mass is 16.6. The Hall–Kier alpha value is -2.56. The van der Waals surface area contributed by atoms with Crippen LogP contribution in [-0.2, 0) is 19.1 Å². The van der Waals surface area contributed by atoms with Crippen molar-refractivity contribution in [1.82, 2.24) is 4.98 Å². The summed E-state index contributed by atoms with van der Waals surface area (Å²) in [5, 5.41) is 0. The number of aromatic nitrogens is 1. The van der Waals surface area contributed by atoms with Crippen LogP contribution in [0.4, 0.5) is 0 Å². The molecule has 22 heavy (non-hydrogen) atoms. The van der Waals surface area contributed by atoms with Gasteiger partial charge in [0.15, 0.2) is 5.92 Å². The van der Waals surface area contributed by atoms with E-state index in [-0.39, 0.29) is 13.2 Å². The molecule has 0 unspecified atom stereocenters. The molecule has 0 aliphatic heterocycles. The third kappa shape index (κ3) is 3.55. The summed E-state index contributed by atoms with van der Waals surface area (Å²) >= 11 is 0. The Morgan fingerprint density at radius 1 is 0.955 bits per heavy atom. The SMILES string of the molecule is CCOC(=O)C(C(=O)OCC)c1ccc(-c2ccccc2)[nH]1. The lowest BCUT2D eigenvalue weighted by molar-refractivity contribution is -0.157. The van der Waals surface area contributed by atoms with Gasteiger partial charge in [-0.15, -0.1) is 0 Å². The molecule has 116 valence electrons. The number of hydrogen-bond donors (Lipinski definition) is 1. The zero-order chi connectivity index (χ0) is 15.9. The lowest BCUT2D eigenvalue weighted by Crippen LogP contribution is -2.26. The molecule has 1 aromatic heterocycles. The Morgan fingerprint density at radius 2 is 1.55 bits per heavy atom. The minimum Gasteiger partial charge on any atom is -0.465 e. The molecule has 5 heteroatoms. The van der Waals surface area contributed by atoms with Gasteiger partial charge in [-0.1, -0.05) is 30.3 Å². The summed E-state index contributed by atoms with van der Waals surface area (Å²) < 4.78 is 9.96. The van der Waals surface area contributed by atoms with E-state index in [1.165, 1.54) is 0 Å². The third-order valence-electron chi connectivity index (χ3n) is 3.15. The molecule has 0 bridgehead atoms. The van der Waals surface area contributed by atoms with Crippen molar-refractivity contribution in [2.24, 2.45) is 0 Å². The summed E-state index contributed by atoms with van der Waals surface area (Å²) in [7, 11) is 0. The summed E-state index contributed by atoms with van der Waals surface area (Å²) in [6, 6.07) is 13.2. The highest BCUT2D eigenvalue weighted by Gasteiger charge is 2.32. The first kappa shape index (κ1) is 15.8. The van der Waals surface area contributed by atoms with E-state index in [0.717, 1.165) is 11.3 Å². The molecule has 0 amide bonds. The van der Waals surface area contributed by atoms with Gasteiger partial charge in [0, 0.05) is 11.4 Å². The number of benzene rings is 1. The van der Waals surface area contributed by atoms with E-state index < -0.39 is 17.9 Å². The number of H-pyrrole nitrogens is 1. The molecule has 0 atom stereocenters. The van der Waals surface area contributed by atoms with E-state index in [4.69, 9.17) is 9.47 Å². The maximum absolute atomic E-state index is 12.1. The molecule has 1 N–H and O–H groups in total. The van der Waals surface area contributed by atoms with Crippen LogP contribution >= 0.6 is 0 Å². The van der Waals surface area contributed by atoms with Crippen molar-refractivity contribution in [3.05, 3.63) is 48.2 Å². The Bertz CT molecular complexity index is 615. The second-order valence-corrected chi connectivity index (χ2v) is 4.63. The molecular weight excluding hydrogens is 282 g/mol. The molecule has 0 spiro atoms. The number of carbonyl (C=O) groups is 2. The molecule has 2 aromatic rings. The van der Waals surface area contributed by atoms with Gasteiger partial charge in [0.25, 0.3) is 0 Å². The van der Waals surface area contributed by atoms with E-state index in [1.807, 2.05) is 36.4 Å². The zero-order valence-corrected chi connectivity index (χ0v) is 12.7. The Labute approximate surface area is 129 Å². The predicted octanol–water partition coefficient (Wildman–Crippen LogP) is 2.89. The van der Waals surface area contributed by atoms with Crippen molar-refractivity contribution in [3.8, 4) is 11.3 Å². The molecule has 0 fully saturated rings. The van der Waals surface area contributed by atoms with E-state index >= 15 is 0 Å². The number of carbonyl (C=O) groups excluding carboxylic acids is 2. The van der Waals surface area contributed by atoms with E-state index in [2.05, 4.69) is 4.98 Å². The predicted molar refractivity (Wildman–Crippen MR) is 82.2 cm³/mol. The quantitative estimate of drug-likeness (QED) is 0.658. The average Bonchev–Trinajstić information content (AvgIpc) is 2.98. The second-order valence-electron chi connectivity index (χ2n) is 4.63. The molecule has 0 saturated carbocycles. The molecule has 1 aromatic carbocycles. The van der Waals surface area contributed by atoms with E-state index in [0.29, 0.717) is 5.69 Å². The molecule has 0 aliphatic rings. The normalized spacial score (nSPS) is 10.5. The Morgan fingerprint density at radius 3 is 2.09 bits per heavy atom. The molecule has 0 saturated heterocycles. The van der Waals surface area contributed by atoms with Crippen LogP contribution in [0.15, 0.2) is 42.5 Å². The standard InChI is InChI=1S/C17H19NO4/c1-3-21-16(19)15(17(20)22-4-2)14-11-10-13(18-14)12-8-6-5-7-9-12/h5-11,15,18H,3-4H2,1-2H3. The molecular formula is C17H19NO4. The van der Waals surface area contributed by atoms with Gasteiger partial charge in [0.1, 0.15) is 0 Å². The summed E-state index contributed by atoms with van der Waals surface area (Å²) in [6.45, 7) is 3.82. The minimum absolute atomic E-state index is 0.209. The second kappa shape index (κ2) is 7.45. The molecule has 0 radical (unpaired) electrons. The lowest BCUT2D eigenvalue weighted by Gasteiger charge is -2.13. The van der Waals surface area contributed by atoms with Crippen LogP contribution in [0.2, 0.25) is 0 Å². The summed E-state index contributed by atoms with van der Waals surface area (Å²) in [5.41, 5.74) is 2.27. The number of esters is 2. The zero-order valence-electron chi connectivity index (χ0n) is 12.7. The highest BCUT2D eigenvalue weighted by Crippen LogP contribution is 2.24. The van der Waals surface area contributed by atoms with Gasteiger partial charge in [-0.3, -0.25) is 9.59 Å².